The number of aliphatic carboxylic acids is 2. The van der Waals surface area contributed by atoms with E-state index in [1.165, 1.54) is 0 Å². The number of nitrogens with zero attached hydrogens (tertiary/aromatic N) is 4. The molecule has 0 bridgehead atoms. The van der Waals surface area contributed by atoms with E-state index >= 15 is 0 Å². The van der Waals surface area contributed by atoms with Crippen molar-refractivity contribution >= 4 is 23.8 Å². The second-order valence-electron chi connectivity index (χ2n) is 9.03. The Morgan fingerprint density at radius 3 is 2.02 bits per heavy atom. The van der Waals surface area contributed by atoms with Gasteiger partial charge in [0.1, 0.15) is 0 Å². The molecule has 2 saturated heterocycles. The number of hydrogen-bond donors (Lipinski definition) is 3. The van der Waals surface area contributed by atoms with Gasteiger partial charge in [-0.15, -0.1) is 0 Å². The number of rotatable bonds is 3. The summed E-state index contributed by atoms with van der Waals surface area (Å²) in [6, 6.07) is 3.99. The second-order valence-corrected chi connectivity index (χ2v) is 9.03. The van der Waals surface area contributed by atoms with Crippen molar-refractivity contribution < 1.29 is 55.7 Å². The third-order valence-corrected chi connectivity index (χ3v) is 6.11. The van der Waals surface area contributed by atoms with Crippen LogP contribution < -0.4 is 5.32 Å². The Bertz CT molecular complexity index is 1150. The molecule has 1 spiro atoms. The largest absolute Gasteiger partial charge is 0.490 e. The summed E-state index contributed by atoms with van der Waals surface area (Å²) in [6.45, 7) is 4.09. The summed E-state index contributed by atoms with van der Waals surface area (Å²) in [5, 5.41) is 17.7. The molecule has 0 saturated carbocycles. The predicted molar refractivity (Wildman–Crippen MR) is 129 cm³/mol. The number of nitrogens with one attached hydrogen (secondary N) is 1. The van der Waals surface area contributed by atoms with Crippen LogP contribution >= 0.6 is 0 Å². The van der Waals surface area contributed by atoms with Gasteiger partial charge in [0, 0.05) is 50.5 Å². The zero-order chi connectivity index (χ0) is 30.8. The molecule has 2 aliphatic rings. The van der Waals surface area contributed by atoms with E-state index in [1.807, 2.05) is 24.0 Å². The molecule has 1 atom stereocenters. The van der Waals surface area contributed by atoms with Gasteiger partial charge in [-0.3, -0.25) is 9.78 Å². The van der Waals surface area contributed by atoms with E-state index in [-0.39, 0.29) is 11.5 Å². The van der Waals surface area contributed by atoms with Crippen LogP contribution in [0.5, 0.6) is 0 Å². The first-order valence-electron chi connectivity index (χ1n) is 12.0. The van der Waals surface area contributed by atoms with Crippen LogP contribution in [-0.2, 0) is 14.3 Å². The zero-order valence-electron chi connectivity index (χ0n) is 21.6. The molecule has 0 aromatic carbocycles. The van der Waals surface area contributed by atoms with Gasteiger partial charge < -0.3 is 25.2 Å². The van der Waals surface area contributed by atoms with Gasteiger partial charge in [-0.2, -0.15) is 26.3 Å². The number of piperidine rings is 1. The zero-order valence-corrected chi connectivity index (χ0v) is 21.6. The number of carbonyl (C=O) groups excluding carboxylic acids is 1. The van der Waals surface area contributed by atoms with E-state index < -0.39 is 24.3 Å². The summed E-state index contributed by atoms with van der Waals surface area (Å²) < 4.78 is 69.7. The van der Waals surface area contributed by atoms with Gasteiger partial charge in [-0.05, 0) is 50.3 Å². The summed E-state index contributed by atoms with van der Waals surface area (Å²) in [6.07, 6.45) is 0.272. The number of aromatic nitrogens is 3. The Labute approximate surface area is 229 Å². The Kier molecular flexibility index (Phi) is 11.4. The van der Waals surface area contributed by atoms with Gasteiger partial charge in [0.15, 0.2) is 0 Å². The van der Waals surface area contributed by atoms with Crippen LogP contribution in [0.2, 0.25) is 0 Å². The first kappa shape index (κ1) is 33.2. The number of alkyl halides is 6. The van der Waals surface area contributed by atoms with Gasteiger partial charge >= 0.3 is 24.3 Å². The van der Waals surface area contributed by atoms with Crippen LogP contribution in [0.3, 0.4) is 0 Å². The molecule has 226 valence electrons. The van der Waals surface area contributed by atoms with Crippen molar-refractivity contribution in [1.82, 2.24) is 19.9 Å². The molecule has 17 heteroatoms. The number of hydrogen-bond acceptors (Lipinski definition) is 8. The maximum Gasteiger partial charge on any atom is 0.490 e. The summed E-state index contributed by atoms with van der Waals surface area (Å²) in [5.74, 6) is -4.78. The standard InChI is InChI=1S/C20H25N5O2.2C2HF3O2/c1-15-3-9-21-14-17(15)18(26)25-10-5-20(6-11-25)13-16(4-12-27-20)24-19-22-7-2-8-23-19;2*3-2(4,5)1(6)7/h2-3,7-9,14,16H,4-6,10-13H2,1H3,(H,22,23,24);2*(H,6,7). The van der Waals surface area contributed by atoms with Crippen LogP contribution in [0.25, 0.3) is 0 Å². The number of amides is 1. The van der Waals surface area contributed by atoms with Crippen LogP contribution in [0, 0.1) is 6.92 Å². The molecule has 1 unspecified atom stereocenters. The van der Waals surface area contributed by atoms with Gasteiger partial charge in [0.05, 0.1) is 11.2 Å². The predicted octanol–water partition coefficient (Wildman–Crippen LogP) is 3.71. The number of pyridine rings is 1. The molecule has 1 amide bonds. The summed E-state index contributed by atoms with van der Waals surface area (Å²) in [5.41, 5.74) is 1.50. The minimum atomic E-state index is -5.08. The number of carboxylic acid groups (broad SMARTS) is 2. The molecule has 2 aromatic rings. The fourth-order valence-corrected chi connectivity index (χ4v) is 4.03. The second kappa shape index (κ2) is 14.0. The SMILES string of the molecule is Cc1ccncc1C(=O)N1CCC2(CC1)CC(Nc1ncccn1)CCO2.O=C(O)C(F)(F)F.O=C(O)C(F)(F)F. The summed E-state index contributed by atoms with van der Waals surface area (Å²) in [4.78, 5) is 45.2. The van der Waals surface area contributed by atoms with Crippen molar-refractivity contribution in [3.8, 4) is 0 Å². The topological polar surface area (TPSA) is 155 Å². The molecule has 2 aromatic heterocycles. The van der Waals surface area contributed by atoms with Crippen molar-refractivity contribution in [3.63, 3.8) is 0 Å². The quantitative estimate of drug-likeness (QED) is 0.448. The average molecular weight is 595 g/mol. The number of halogens is 6. The molecule has 4 rings (SSSR count). The van der Waals surface area contributed by atoms with Crippen LogP contribution in [0.15, 0.2) is 36.9 Å². The van der Waals surface area contributed by atoms with Crippen LogP contribution in [0.4, 0.5) is 32.3 Å². The number of carboxylic acids is 2. The van der Waals surface area contributed by atoms with Gasteiger partial charge in [0.2, 0.25) is 5.95 Å². The van der Waals surface area contributed by atoms with E-state index in [2.05, 4.69) is 20.3 Å². The highest BCUT2D eigenvalue weighted by atomic mass is 19.4. The molecular formula is C24H27F6N5O6. The first-order chi connectivity index (χ1) is 19.0. The lowest BCUT2D eigenvalue weighted by molar-refractivity contribution is -0.193. The van der Waals surface area contributed by atoms with E-state index in [0.717, 1.165) is 37.9 Å². The minimum absolute atomic E-state index is 0.0682. The van der Waals surface area contributed by atoms with Crippen molar-refractivity contribution in [2.45, 2.75) is 56.6 Å². The van der Waals surface area contributed by atoms with Gasteiger partial charge in [-0.25, -0.2) is 19.6 Å². The van der Waals surface area contributed by atoms with Crippen molar-refractivity contribution in [2.24, 2.45) is 0 Å². The van der Waals surface area contributed by atoms with Crippen LogP contribution in [-0.4, -0.2) is 91.6 Å². The fourth-order valence-electron chi connectivity index (χ4n) is 4.03. The Morgan fingerprint density at radius 1 is 1.00 bits per heavy atom. The molecule has 11 nitrogen and oxygen atoms in total. The van der Waals surface area contributed by atoms with Gasteiger partial charge in [0.25, 0.3) is 5.91 Å². The molecular weight excluding hydrogens is 568 g/mol. The third-order valence-electron chi connectivity index (χ3n) is 6.11. The smallest absolute Gasteiger partial charge is 0.475 e. The molecule has 2 fully saturated rings. The molecule has 3 N–H and O–H groups in total. The minimum Gasteiger partial charge on any atom is -0.475 e. The van der Waals surface area contributed by atoms with E-state index in [0.29, 0.717) is 30.6 Å². The normalized spacial score (nSPS) is 18.2. The Balaban J connectivity index is 0.000000349. The average Bonchev–Trinajstić information content (AvgIpc) is 2.89. The number of carbonyl (C=O) groups is 3. The maximum atomic E-state index is 12.8. The van der Waals surface area contributed by atoms with Crippen LogP contribution in [0.1, 0.15) is 41.6 Å². The highest BCUT2D eigenvalue weighted by Gasteiger charge is 2.42. The van der Waals surface area contributed by atoms with E-state index in [9.17, 15) is 31.1 Å². The number of ether oxygens (including phenoxy) is 1. The molecule has 0 aliphatic carbocycles. The fraction of sp³-hybridized carbons (Fsp3) is 0.500. The van der Waals surface area contributed by atoms with Crippen molar-refractivity contribution in [2.75, 3.05) is 25.0 Å². The number of aryl methyl sites for hydroxylation is 1. The summed E-state index contributed by atoms with van der Waals surface area (Å²) >= 11 is 0. The van der Waals surface area contributed by atoms with Crippen molar-refractivity contribution in [3.05, 3.63) is 48.0 Å². The maximum absolute atomic E-state index is 12.8. The molecule has 4 heterocycles. The first-order valence-corrected chi connectivity index (χ1v) is 12.0. The molecule has 0 radical (unpaired) electrons. The lowest BCUT2D eigenvalue weighted by Gasteiger charge is -2.46. The number of anilines is 1. The van der Waals surface area contributed by atoms with Gasteiger partial charge in [-0.1, -0.05) is 0 Å². The molecule has 41 heavy (non-hydrogen) atoms. The summed E-state index contributed by atoms with van der Waals surface area (Å²) in [7, 11) is 0. The highest BCUT2D eigenvalue weighted by molar-refractivity contribution is 5.95. The van der Waals surface area contributed by atoms with E-state index in [1.54, 1.807) is 24.8 Å². The monoisotopic (exact) mass is 595 g/mol. The Morgan fingerprint density at radius 2 is 1.54 bits per heavy atom. The Hall–Kier alpha value is -4.02. The lowest BCUT2D eigenvalue weighted by atomic mass is 9.82. The lowest BCUT2D eigenvalue weighted by Crippen LogP contribution is -2.52. The van der Waals surface area contributed by atoms with E-state index in [4.69, 9.17) is 24.5 Å². The molecule has 2 aliphatic heterocycles. The highest BCUT2D eigenvalue weighted by Crippen LogP contribution is 2.36. The third kappa shape index (κ3) is 10.5. The number of likely N-dealkylation sites (tertiary alicyclic amines) is 1. The van der Waals surface area contributed by atoms with Crippen molar-refractivity contribution in [1.29, 1.82) is 0 Å².